The summed E-state index contributed by atoms with van der Waals surface area (Å²) in [5, 5.41) is 3.08. The molecule has 0 atom stereocenters. The first-order valence-electron chi connectivity index (χ1n) is 11.0. The maximum Gasteiger partial charge on any atom is 0.322 e. The summed E-state index contributed by atoms with van der Waals surface area (Å²) in [5.41, 5.74) is 0.638. The molecule has 0 spiro atoms. The van der Waals surface area contributed by atoms with E-state index in [0.717, 1.165) is 38.5 Å². The Kier molecular flexibility index (Phi) is 7.45. The predicted molar refractivity (Wildman–Crippen MR) is 117 cm³/mol. The van der Waals surface area contributed by atoms with Crippen LogP contribution in [0.4, 0.5) is 10.5 Å². The van der Waals surface area contributed by atoms with Gasteiger partial charge in [0.25, 0.3) is 0 Å². The highest BCUT2D eigenvalue weighted by molar-refractivity contribution is 5.91. The lowest BCUT2D eigenvalue weighted by atomic mass is 9.85. The van der Waals surface area contributed by atoms with Gasteiger partial charge in [0.1, 0.15) is 11.5 Å². The number of nitrogens with zero attached hydrogens (tertiary/aromatic N) is 2. The van der Waals surface area contributed by atoms with Gasteiger partial charge in [0.05, 0.1) is 19.9 Å². The molecule has 1 saturated heterocycles. The highest BCUT2D eigenvalue weighted by Crippen LogP contribution is 2.33. The van der Waals surface area contributed by atoms with Crippen molar-refractivity contribution in [3.63, 3.8) is 0 Å². The monoisotopic (exact) mass is 417 g/mol. The van der Waals surface area contributed by atoms with Crippen LogP contribution in [0.3, 0.4) is 0 Å². The molecule has 0 aromatic heterocycles. The fraction of sp³-hybridized carbons (Fsp3) is 0.652. The lowest BCUT2D eigenvalue weighted by Crippen LogP contribution is -2.54. The molecule has 1 N–H and O–H groups in total. The zero-order valence-electron chi connectivity index (χ0n) is 18.6. The summed E-state index contributed by atoms with van der Waals surface area (Å²) in [4.78, 5) is 29.1. The van der Waals surface area contributed by atoms with Crippen LogP contribution in [0.15, 0.2) is 18.2 Å². The molecule has 1 aromatic carbocycles. The summed E-state index contributed by atoms with van der Waals surface area (Å²) >= 11 is 0. The third-order valence-electron chi connectivity index (χ3n) is 6.57. The van der Waals surface area contributed by atoms with Gasteiger partial charge >= 0.3 is 6.03 Å². The van der Waals surface area contributed by atoms with Gasteiger partial charge in [0.2, 0.25) is 5.91 Å². The fourth-order valence-electron chi connectivity index (χ4n) is 4.69. The molecule has 0 unspecified atom stereocenters. The van der Waals surface area contributed by atoms with Gasteiger partial charge in [-0.15, -0.1) is 0 Å². The van der Waals surface area contributed by atoms with E-state index < -0.39 is 0 Å². The fourth-order valence-corrected chi connectivity index (χ4v) is 4.69. The smallest absolute Gasteiger partial charge is 0.322 e. The summed E-state index contributed by atoms with van der Waals surface area (Å²) in [6.07, 6.45) is 5.99. The van der Waals surface area contributed by atoms with E-state index in [2.05, 4.69) is 17.1 Å². The average Bonchev–Trinajstić information content (AvgIpc) is 2.76. The van der Waals surface area contributed by atoms with Crippen molar-refractivity contribution in [3.05, 3.63) is 18.2 Å². The van der Waals surface area contributed by atoms with Crippen molar-refractivity contribution >= 4 is 17.6 Å². The molecule has 3 rings (SSSR count). The van der Waals surface area contributed by atoms with Crippen molar-refractivity contribution < 1.29 is 19.1 Å². The van der Waals surface area contributed by atoms with Gasteiger partial charge in [-0.3, -0.25) is 4.79 Å². The van der Waals surface area contributed by atoms with Gasteiger partial charge in [-0.1, -0.05) is 6.92 Å². The highest BCUT2D eigenvalue weighted by atomic mass is 16.5. The second-order valence-corrected chi connectivity index (χ2v) is 8.55. The second kappa shape index (κ2) is 10.0. The normalized spacial score (nSPS) is 22.3. The number of hydrogen-bond donors (Lipinski definition) is 1. The number of rotatable bonds is 5. The van der Waals surface area contributed by atoms with E-state index in [1.165, 1.54) is 0 Å². The second-order valence-electron chi connectivity index (χ2n) is 8.55. The third kappa shape index (κ3) is 5.18. The number of nitrogens with one attached hydrogen (secondary N) is 1. The van der Waals surface area contributed by atoms with Gasteiger partial charge in [-0.2, -0.15) is 0 Å². The van der Waals surface area contributed by atoms with Crippen molar-refractivity contribution in [2.45, 2.75) is 64.5 Å². The molecule has 166 valence electrons. The molecule has 0 radical (unpaired) electrons. The Balaban J connectivity index is 1.78. The maximum atomic E-state index is 13.5. The molecule has 1 aliphatic carbocycles. The van der Waals surface area contributed by atoms with Gasteiger partial charge in [0, 0.05) is 38.2 Å². The number of carbonyl (C=O) groups is 2. The van der Waals surface area contributed by atoms with Crippen LogP contribution in [0, 0.1) is 5.92 Å². The van der Waals surface area contributed by atoms with Crippen molar-refractivity contribution in [3.8, 4) is 11.5 Å². The Morgan fingerprint density at radius 1 is 1.00 bits per heavy atom. The quantitative estimate of drug-likeness (QED) is 0.782. The third-order valence-corrected chi connectivity index (χ3v) is 6.57. The molecule has 1 aromatic rings. The summed E-state index contributed by atoms with van der Waals surface area (Å²) < 4.78 is 10.7. The minimum Gasteiger partial charge on any atom is -0.497 e. The van der Waals surface area contributed by atoms with Crippen LogP contribution < -0.4 is 14.8 Å². The summed E-state index contributed by atoms with van der Waals surface area (Å²) in [7, 11) is 3.19. The maximum absolute atomic E-state index is 13.5. The van der Waals surface area contributed by atoms with Crippen LogP contribution >= 0.6 is 0 Å². The molecule has 7 nitrogen and oxygen atoms in total. The van der Waals surface area contributed by atoms with Gasteiger partial charge < -0.3 is 24.6 Å². The summed E-state index contributed by atoms with van der Waals surface area (Å²) in [6, 6.07) is 5.69. The molecule has 1 aliphatic heterocycles. The van der Waals surface area contributed by atoms with Crippen LogP contribution in [0.1, 0.15) is 52.4 Å². The number of amides is 3. The van der Waals surface area contributed by atoms with E-state index in [4.69, 9.17) is 9.47 Å². The first-order chi connectivity index (χ1) is 14.4. The zero-order chi connectivity index (χ0) is 21.7. The number of likely N-dealkylation sites (tertiary alicyclic amines) is 1. The molecule has 2 fully saturated rings. The minimum atomic E-state index is -0.0840. The first kappa shape index (κ1) is 22.2. The van der Waals surface area contributed by atoms with Crippen molar-refractivity contribution in [2.24, 2.45) is 5.92 Å². The number of methoxy groups -OCH3 is 2. The van der Waals surface area contributed by atoms with E-state index in [-0.39, 0.29) is 24.0 Å². The molecule has 2 aliphatic rings. The highest BCUT2D eigenvalue weighted by Gasteiger charge is 2.35. The Labute approximate surface area is 179 Å². The Morgan fingerprint density at radius 3 is 2.20 bits per heavy atom. The molecule has 3 amide bonds. The zero-order valence-corrected chi connectivity index (χ0v) is 18.6. The minimum absolute atomic E-state index is 0.0840. The number of benzene rings is 1. The molecule has 7 heteroatoms. The van der Waals surface area contributed by atoms with Gasteiger partial charge in [-0.05, 0) is 56.6 Å². The van der Waals surface area contributed by atoms with Crippen LogP contribution in [-0.2, 0) is 4.79 Å². The van der Waals surface area contributed by atoms with Crippen molar-refractivity contribution in [1.82, 2.24) is 9.80 Å². The lowest BCUT2D eigenvalue weighted by molar-refractivity contribution is -0.130. The van der Waals surface area contributed by atoms with Crippen molar-refractivity contribution in [2.75, 3.05) is 32.6 Å². The number of hydrogen-bond acceptors (Lipinski definition) is 4. The SMILES string of the molecule is COc1ccc(NC(=O)N(C2CCC(C)CC2)C2CCN(C(C)=O)CC2)c(OC)c1. The molecule has 30 heavy (non-hydrogen) atoms. The summed E-state index contributed by atoms with van der Waals surface area (Å²) in [6.45, 7) is 5.31. The lowest BCUT2D eigenvalue weighted by Gasteiger charge is -2.44. The van der Waals surface area contributed by atoms with Crippen LogP contribution in [-0.4, -0.2) is 61.1 Å². The Bertz CT molecular complexity index is 738. The summed E-state index contributed by atoms with van der Waals surface area (Å²) in [5.74, 6) is 2.08. The van der Waals surface area contributed by atoms with E-state index in [9.17, 15) is 9.59 Å². The Hall–Kier alpha value is -2.44. The van der Waals surface area contributed by atoms with E-state index in [0.29, 0.717) is 36.2 Å². The van der Waals surface area contributed by atoms with Gasteiger partial charge in [-0.25, -0.2) is 4.79 Å². The molecule has 0 bridgehead atoms. The Morgan fingerprint density at radius 2 is 1.63 bits per heavy atom. The van der Waals surface area contributed by atoms with E-state index in [1.54, 1.807) is 27.2 Å². The number of piperidine rings is 1. The van der Waals surface area contributed by atoms with Crippen LogP contribution in [0.5, 0.6) is 11.5 Å². The first-order valence-corrected chi connectivity index (χ1v) is 11.0. The molecular formula is C23H35N3O4. The van der Waals surface area contributed by atoms with E-state index in [1.807, 2.05) is 17.0 Å². The van der Waals surface area contributed by atoms with Crippen LogP contribution in [0.25, 0.3) is 0 Å². The van der Waals surface area contributed by atoms with Gasteiger partial charge in [0.15, 0.2) is 0 Å². The number of urea groups is 1. The molecule has 1 heterocycles. The number of anilines is 1. The van der Waals surface area contributed by atoms with Crippen LogP contribution in [0.2, 0.25) is 0 Å². The molecular weight excluding hydrogens is 382 g/mol. The largest absolute Gasteiger partial charge is 0.497 e. The molecule has 1 saturated carbocycles. The van der Waals surface area contributed by atoms with E-state index >= 15 is 0 Å². The van der Waals surface area contributed by atoms with Crippen molar-refractivity contribution in [1.29, 1.82) is 0 Å². The predicted octanol–water partition coefficient (Wildman–Crippen LogP) is 4.13. The number of ether oxygens (including phenoxy) is 2. The average molecular weight is 418 g/mol. The standard InChI is InChI=1S/C23H35N3O4/c1-16-5-7-18(8-6-16)26(19-11-13-25(14-12-19)17(2)27)23(28)24-21-10-9-20(29-3)15-22(21)30-4/h9-10,15-16,18-19H,5-8,11-14H2,1-4H3,(H,24,28). The number of carbonyl (C=O) groups excluding carboxylic acids is 2. The topological polar surface area (TPSA) is 71.1 Å².